The van der Waals surface area contributed by atoms with Gasteiger partial charge in [0.1, 0.15) is 0 Å². The number of hydrogen-bond donors (Lipinski definition) is 0. The van der Waals surface area contributed by atoms with E-state index >= 15 is 0 Å². The van der Waals surface area contributed by atoms with Crippen LogP contribution in [0.15, 0.2) is 85.5 Å². The molecule has 26 heavy (non-hydrogen) atoms. The first-order valence-corrected chi connectivity index (χ1v) is 8.75. The Morgan fingerprint density at radius 2 is 1.00 bits per heavy atom. The maximum absolute atomic E-state index is 4.31. The lowest BCUT2D eigenvalue weighted by molar-refractivity contribution is 1.32. The highest BCUT2D eigenvalue weighted by atomic mass is 14.6. The van der Waals surface area contributed by atoms with Crippen molar-refractivity contribution >= 4 is 0 Å². The smallest absolute Gasteiger partial charge is 0.0346 e. The molecule has 2 nitrogen and oxygen atoms in total. The molecule has 4 aromatic rings. The molecular weight excluding hydrogens is 316 g/mol. The van der Waals surface area contributed by atoms with Crippen LogP contribution in [-0.4, -0.2) is 9.97 Å². The van der Waals surface area contributed by atoms with E-state index in [1.54, 1.807) is 0 Å². The Morgan fingerprint density at radius 3 is 1.38 bits per heavy atom. The summed E-state index contributed by atoms with van der Waals surface area (Å²) in [5.74, 6) is 0. The highest BCUT2D eigenvalue weighted by molar-refractivity contribution is 5.91. The van der Waals surface area contributed by atoms with Gasteiger partial charge in [0, 0.05) is 35.9 Å². The Morgan fingerprint density at radius 1 is 0.538 bits per heavy atom. The van der Waals surface area contributed by atoms with Gasteiger partial charge in [0.15, 0.2) is 0 Å². The molecule has 0 atom stereocenters. The van der Waals surface area contributed by atoms with E-state index in [9.17, 15) is 0 Å². The lowest BCUT2D eigenvalue weighted by Crippen LogP contribution is -1.92. The van der Waals surface area contributed by atoms with Gasteiger partial charge in [-0.1, -0.05) is 59.7 Å². The molecule has 0 bridgehead atoms. The molecule has 0 unspecified atom stereocenters. The average molecular weight is 336 g/mol. The molecule has 0 aliphatic heterocycles. The minimum absolute atomic E-state index is 1.13. The van der Waals surface area contributed by atoms with E-state index in [0.29, 0.717) is 0 Å². The van der Waals surface area contributed by atoms with Crippen molar-refractivity contribution in [2.45, 2.75) is 13.8 Å². The Labute approximate surface area is 154 Å². The van der Waals surface area contributed by atoms with Gasteiger partial charge in [0.2, 0.25) is 0 Å². The molecule has 0 radical (unpaired) electrons. The van der Waals surface area contributed by atoms with Crippen LogP contribution in [0.5, 0.6) is 0 Å². The van der Waals surface area contributed by atoms with Crippen molar-refractivity contribution in [3.05, 3.63) is 96.6 Å². The van der Waals surface area contributed by atoms with Crippen molar-refractivity contribution in [2.75, 3.05) is 0 Å². The molecule has 0 aliphatic rings. The largest absolute Gasteiger partial charge is 0.264 e. The van der Waals surface area contributed by atoms with Gasteiger partial charge in [0.05, 0.1) is 0 Å². The highest BCUT2D eigenvalue weighted by Gasteiger charge is 2.13. The number of rotatable bonds is 3. The normalized spacial score (nSPS) is 10.7. The fourth-order valence-corrected chi connectivity index (χ4v) is 3.31. The first-order chi connectivity index (χ1) is 12.7. The molecule has 2 heterocycles. The van der Waals surface area contributed by atoms with E-state index in [1.165, 1.54) is 33.4 Å². The first-order valence-electron chi connectivity index (χ1n) is 8.75. The van der Waals surface area contributed by atoms with Crippen LogP contribution in [0.2, 0.25) is 0 Å². The zero-order valence-corrected chi connectivity index (χ0v) is 15.0. The summed E-state index contributed by atoms with van der Waals surface area (Å²) in [4.78, 5) is 8.62. The van der Waals surface area contributed by atoms with E-state index in [-0.39, 0.29) is 0 Å². The third-order valence-electron chi connectivity index (χ3n) is 4.59. The summed E-state index contributed by atoms with van der Waals surface area (Å²) in [5, 5.41) is 0. The Hall–Kier alpha value is -3.26. The van der Waals surface area contributed by atoms with E-state index in [2.05, 4.69) is 72.3 Å². The number of aromatic nitrogens is 2. The second-order valence-electron chi connectivity index (χ2n) is 6.58. The van der Waals surface area contributed by atoms with E-state index in [0.717, 1.165) is 11.1 Å². The fourth-order valence-electron chi connectivity index (χ4n) is 3.31. The fraction of sp³-hybridized carbons (Fsp3) is 0.0833. The van der Waals surface area contributed by atoms with Crippen molar-refractivity contribution in [3.63, 3.8) is 0 Å². The maximum Gasteiger partial charge on any atom is 0.0346 e. The van der Waals surface area contributed by atoms with E-state index < -0.39 is 0 Å². The zero-order valence-electron chi connectivity index (χ0n) is 15.0. The van der Waals surface area contributed by atoms with Crippen LogP contribution in [0.1, 0.15) is 11.1 Å². The van der Waals surface area contributed by atoms with Crippen molar-refractivity contribution in [1.29, 1.82) is 0 Å². The predicted octanol–water partition coefficient (Wildman–Crippen LogP) is 6.09. The van der Waals surface area contributed by atoms with Gasteiger partial charge in [-0.2, -0.15) is 0 Å². The number of benzene rings is 2. The van der Waals surface area contributed by atoms with E-state index in [4.69, 9.17) is 0 Å². The molecule has 0 aliphatic carbocycles. The van der Waals surface area contributed by atoms with Gasteiger partial charge < -0.3 is 0 Å². The summed E-state index contributed by atoms with van der Waals surface area (Å²) < 4.78 is 0. The molecule has 0 amide bonds. The summed E-state index contributed by atoms with van der Waals surface area (Å²) in [7, 11) is 0. The summed E-state index contributed by atoms with van der Waals surface area (Å²) in [6.07, 6.45) is 7.48. The molecule has 2 aromatic heterocycles. The predicted molar refractivity (Wildman–Crippen MR) is 108 cm³/mol. The Bertz CT molecular complexity index is 951. The number of aryl methyl sites for hydroxylation is 2. The summed E-state index contributed by atoms with van der Waals surface area (Å²) in [6, 6.07) is 21.4. The molecule has 2 aromatic carbocycles. The van der Waals surface area contributed by atoms with Crippen LogP contribution >= 0.6 is 0 Å². The third kappa shape index (κ3) is 3.14. The molecule has 0 saturated carbocycles. The lowest BCUT2D eigenvalue weighted by atomic mass is 9.88. The van der Waals surface area contributed by atoms with Crippen LogP contribution in [-0.2, 0) is 0 Å². The van der Waals surface area contributed by atoms with Gasteiger partial charge in [-0.25, -0.2) is 0 Å². The molecule has 0 spiro atoms. The molecule has 4 rings (SSSR count). The van der Waals surface area contributed by atoms with Crippen LogP contribution in [0.3, 0.4) is 0 Å². The number of hydrogen-bond acceptors (Lipinski definition) is 2. The van der Waals surface area contributed by atoms with Crippen molar-refractivity contribution < 1.29 is 0 Å². The summed E-state index contributed by atoms with van der Waals surface area (Å²) >= 11 is 0. The maximum atomic E-state index is 4.31. The van der Waals surface area contributed by atoms with E-state index in [1.807, 2.05) is 36.9 Å². The first kappa shape index (κ1) is 16.2. The van der Waals surface area contributed by atoms with Crippen molar-refractivity contribution in [2.24, 2.45) is 0 Å². The summed E-state index contributed by atoms with van der Waals surface area (Å²) in [6.45, 7) is 4.25. The SMILES string of the molecule is Cc1ccc(-c2ccc(C)cc2-c2cccnc2)c(-c2cccnc2)c1. The Balaban J connectivity index is 1.98. The van der Waals surface area contributed by atoms with Crippen LogP contribution < -0.4 is 0 Å². The second-order valence-corrected chi connectivity index (χ2v) is 6.58. The molecule has 126 valence electrons. The molecule has 2 heteroatoms. The lowest BCUT2D eigenvalue weighted by Gasteiger charge is -2.16. The molecule has 0 saturated heterocycles. The topological polar surface area (TPSA) is 25.8 Å². The standard InChI is InChI=1S/C24H20N2/c1-17-7-9-21(23(13-17)19-5-3-11-25-15-19)22-10-8-18(2)14-24(22)20-6-4-12-26-16-20/h3-16H,1-2H3. The minimum Gasteiger partial charge on any atom is -0.264 e. The highest BCUT2D eigenvalue weighted by Crippen LogP contribution is 2.38. The zero-order chi connectivity index (χ0) is 17.9. The average Bonchev–Trinajstić information content (AvgIpc) is 2.69. The minimum atomic E-state index is 1.13. The third-order valence-corrected chi connectivity index (χ3v) is 4.59. The monoisotopic (exact) mass is 336 g/mol. The van der Waals surface area contributed by atoms with Crippen LogP contribution in [0.4, 0.5) is 0 Å². The molecular formula is C24H20N2. The molecule has 0 fully saturated rings. The van der Waals surface area contributed by atoms with Gasteiger partial charge in [-0.15, -0.1) is 0 Å². The molecule has 0 N–H and O–H groups in total. The van der Waals surface area contributed by atoms with Crippen LogP contribution in [0, 0.1) is 13.8 Å². The van der Waals surface area contributed by atoms with Gasteiger partial charge in [-0.05, 0) is 48.2 Å². The second kappa shape index (κ2) is 6.93. The number of pyridine rings is 2. The number of nitrogens with zero attached hydrogens (tertiary/aromatic N) is 2. The van der Waals surface area contributed by atoms with Crippen molar-refractivity contribution in [3.8, 4) is 33.4 Å². The quantitative estimate of drug-likeness (QED) is 0.452. The van der Waals surface area contributed by atoms with Gasteiger partial charge >= 0.3 is 0 Å². The van der Waals surface area contributed by atoms with Gasteiger partial charge in [-0.3, -0.25) is 9.97 Å². The Kier molecular flexibility index (Phi) is 4.32. The van der Waals surface area contributed by atoms with Gasteiger partial charge in [0.25, 0.3) is 0 Å². The van der Waals surface area contributed by atoms with Crippen LogP contribution in [0.25, 0.3) is 33.4 Å². The summed E-state index contributed by atoms with van der Waals surface area (Å²) in [5.41, 5.74) is 9.56. The van der Waals surface area contributed by atoms with Crippen molar-refractivity contribution in [1.82, 2.24) is 9.97 Å².